The Morgan fingerprint density at radius 1 is 1.07 bits per heavy atom. The van der Waals surface area contributed by atoms with Crippen LogP contribution in [0, 0.1) is 11.3 Å². The Hall–Kier alpha value is -3.55. The van der Waals surface area contributed by atoms with Crippen molar-refractivity contribution < 1.29 is 4.74 Å². The van der Waals surface area contributed by atoms with E-state index in [1.165, 1.54) is 0 Å². The fourth-order valence-electron chi connectivity index (χ4n) is 2.86. The maximum absolute atomic E-state index is 9.56. The van der Waals surface area contributed by atoms with Gasteiger partial charge in [0.15, 0.2) is 0 Å². The Bertz CT molecular complexity index is 1160. The highest BCUT2D eigenvalue weighted by Gasteiger charge is 2.09. The fraction of sp³-hybridized carbons (Fsp3) is 0.0435. The number of allylic oxidation sites excluding steroid dienone is 1. The van der Waals surface area contributed by atoms with E-state index in [1.807, 2.05) is 66.7 Å². The predicted molar refractivity (Wildman–Crippen MR) is 112 cm³/mol. The first-order chi connectivity index (χ1) is 13.7. The zero-order valence-corrected chi connectivity index (χ0v) is 15.6. The van der Waals surface area contributed by atoms with E-state index in [0.717, 1.165) is 22.2 Å². The first-order valence-corrected chi connectivity index (χ1v) is 9.14. The summed E-state index contributed by atoms with van der Waals surface area (Å²) in [6.07, 6.45) is 1.75. The molecule has 0 fully saturated rings. The maximum Gasteiger partial charge on any atom is 0.149 e. The maximum atomic E-state index is 9.56. The Morgan fingerprint density at radius 2 is 1.86 bits per heavy atom. The lowest BCUT2D eigenvalue weighted by Crippen LogP contribution is -1.95. The number of nitrogens with zero attached hydrogens (tertiary/aromatic N) is 2. The van der Waals surface area contributed by atoms with Crippen LogP contribution in [-0.4, -0.2) is 9.97 Å². The van der Waals surface area contributed by atoms with Gasteiger partial charge >= 0.3 is 0 Å². The van der Waals surface area contributed by atoms with E-state index < -0.39 is 0 Å². The zero-order chi connectivity index (χ0) is 19.3. The lowest BCUT2D eigenvalue weighted by Gasteiger charge is -2.09. The van der Waals surface area contributed by atoms with Crippen LogP contribution in [0.25, 0.3) is 22.7 Å². The number of ether oxygens (including phenoxy) is 1. The van der Waals surface area contributed by atoms with Gasteiger partial charge < -0.3 is 9.72 Å². The molecule has 4 nitrogen and oxygen atoms in total. The van der Waals surface area contributed by atoms with Crippen LogP contribution in [0.2, 0.25) is 5.02 Å². The third kappa shape index (κ3) is 3.90. The topological polar surface area (TPSA) is 61.7 Å². The van der Waals surface area contributed by atoms with Crippen LogP contribution in [-0.2, 0) is 6.61 Å². The fourth-order valence-corrected chi connectivity index (χ4v) is 3.10. The average Bonchev–Trinajstić information content (AvgIpc) is 3.16. The zero-order valence-electron chi connectivity index (χ0n) is 14.9. The van der Waals surface area contributed by atoms with Crippen LogP contribution in [0.3, 0.4) is 0 Å². The summed E-state index contributed by atoms with van der Waals surface area (Å²) in [7, 11) is 0. The number of para-hydroxylation sites is 2. The van der Waals surface area contributed by atoms with Crippen LogP contribution in [0.15, 0.2) is 72.8 Å². The number of nitrogens with one attached hydrogen (secondary N) is 1. The van der Waals surface area contributed by atoms with Crippen molar-refractivity contribution in [1.29, 1.82) is 5.26 Å². The largest absolute Gasteiger partial charge is 0.487 e. The Labute approximate surface area is 167 Å². The highest BCUT2D eigenvalue weighted by Crippen LogP contribution is 2.28. The van der Waals surface area contributed by atoms with Gasteiger partial charge in [-0.05, 0) is 41.5 Å². The summed E-state index contributed by atoms with van der Waals surface area (Å²) in [5.74, 6) is 1.13. The molecule has 0 saturated carbocycles. The molecule has 1 heterocycles. The molecule has 0 aliphatic heterocycles. The third-order valence-corrected chi connectivity index (χ3v) is 4.56. The number of fused-ring (bicyclic) bond motifs is 1. The molecule has 0 spiro atoms. The van der Waals surface area contributed by atoms with Gasteiger partial charge in [0.2, 0.25) is 0 Å². The number of rotatable bonds is 5. The van der Waals surface area contributed by atoms with E-state index in [2.05, 4.69) is 16.0 Å². The number of aromatic amines is 1. The molecule has 4 aromatic rings. The van der Waals surface area contributed by atoms with E-state index in [-0.39, 0.29) is 0 Å². The Morgan fingerprint density at radius 3 is 2.61 bits per heavy atom. The Kier molecular flexibility index (Phi) is 5.09. The summed E-state index contributed by atoms with van der Waals surface area (Å²) in [5, 5.41) is 10.1. The van der Waals surface area contributed by atoms with E-state index in [9.17, 15) is 5.26 Å². The molecule has 1 aromatic heterocycles. The van der Waals surface area contributed by atoms with Gasteiger partial charge in [-0.25, -0.2) is 4.98 Å². The van der Waals surface area contributed by atoms with Crippen LogP contribution in [0.1, 0.15) is 17.0 Å². The molecule has 28 heavy (non-hydrogen) atoms. The summed E-state index contributed by atoms with van der Waals surface area (Å²) in [6, 6.07) is 25.2. The first-order valence-electron chi connectivity index (χ1n) is 8.76. The van der Waals surface area contributed by atoms with Gasteiger partial charge in [0, 0.05) is 0 Å². The second-order valence-electron chi connectivity index (χ2n) is 6.24. The highest BCUT2D eigenvalue weighted by atomic mass is 35.5. The quantitative estimate of drug-likeness (QED) is 0.437. The summed E-state index contributed by atoms with van der Waals surface area (Å²) < 4.78 is 5.80. The van der Waals surface area contributed by atoms with Gasteiger partial charge in [0.1, 0.15) is 24.3 Å². The normalized spacial score (nSPS) is 11.4. The van der Waals surface area contributed by atoms with E-state index in [0.29, 0.717) is 28.8 Å². The number of imidazole rings is 1. The lowest BCUT2D eigenvalue weighted by molar-refractivity contribution is 0.306. The predicted octanol–water partition coefficient (Wildman–Crippen LogP) is 5.86. The molecule has 0 aliphatic carbocycles. The van der Waals surface area contributed by atoms with Gasteiger partial charge in [0.05, 0.1) is 21.6 Å². The molecule has 0 saturated heterocycles. The van der Waals surface area contributed by atoms with Gasteiger partial charge in [0.25, 0.3) is 0 Å². The number of benzene rings is 3. The molecular weight excluding hydrogens is 370 g/mol. The summed E-state index contributed by atoms with van der Waals surface area (Å²) in [5.41, 5.74) is 4.01. The minimum atomic E-state index is 0.435. The average molecular weight is 386 g/mol. The molecule has 5 heteroatoms. The van der Waals surface area contributed by atoms with E-state index in [1.54, 1.807) is 12.1 Å². The third-order valence-electron chi connectivity index (χ3n) is 4.27. The molecular formula is C23H16ClN3O. The van der Waals surface area contributed by atoms with E-state index >= 15 is 0 Å². The minimum absolute atomic E-state index is 0.435. The van der Waals surface area contributed by atoms with E-state index in [4.69, 9.17) is 16.3 Å². The van der Waals surface area contributed by atoms with Gasteiger partial charge in [-0.3, -0.25) is 0 Å². The minimum Gasteiger partial charge on any atom is -0.487 e. The second-order valence-corrected chi connectivity index (χ2v) is 6.64. The number of nitriles is 1. The molecule has 3 aromatic carbocycles. The van der Waals surface area contributed by atoms with Crippen molar-refractivity contribution in [3.63, 3.8) is 0 Å². The smallest absolute Gasteiger partial charge is 0.149 e. The number of halogens is 1. The second kappa shape index (κ2) is 7.99. The monoisotopic (exact) mass is 385 g/mol. The molecule has 4 rings (SSSR count). The molecule has 0 aliphatic rings. The molecule has 0 unspecified atom stereocenters. The SMILES string of the molecule is N#C/C(=C/c1ccc(OCc2ccccc2)c(Cl)c1)c1nc2ccccc2[nH]1. The van der Waals surface area contributed by atoms with Gasteiger partial charge in [-0.2, -0.15) is 5.26 Å². The van der Waals surface area contributed by atoms with Crippen molar-refractivity contribution in [2.24, 2.45) is 0 Å². The molecule has 0 amide bonds. The summed E-state index contributed by atoms with van der Waals surface area (Å²) in [6.45, 7) is 0.443. The van der Waals surface area contributed by atoms with Crippen molar-refractivity contribution in [2.75, 3.05) is 0 Å². The highest BCUT2D eigenvalue weighted by molar-refractivity contribution is 6.32. The van der Waals surface area contributed by atoms with Crippen LogP contribution in [0.5, 0.6) is 5.75 Å². The van der Waals surface area contributed by atoms with Crippen LogP contribution >= 0.6 is 11.6 Å². The number of aromatic nitrogens is 2. The van der Waals surface area contributed by atoms with Crippen LogP contribution < -0.4 is 4.74 Å². The van der Waals surface area contributed by atoms with Crippen molar-refractivity contribution in [3.05, 3.63) is 94.8 Å². The van der Waals surface area contributed by atoms with Crippen molar-refractivity contribution in [2.45, 2.75) is 6.61 Å². The van der Waals surface area contributed by atoms with Crippen LogP contribution in [0.4, 0.5) is 0 Å². The molecule has 1 N–H and O–H groups in total. The Balaban J connectivity index is 1.56. The standard InChI is InChI=1S/C23H16ClN3O/c24-19-13-17(10-11-22(19)28-15-16-6-2-1-3-7-16)12-18(14-25)23-26-20-8-4-5-9-21(20)27-23/h1-13H,15H2,(H,26,27)/b18-12-. The number of H-pyrrole nitrogens is 1. The number of hydrogen-bond acceptors (Lipinski definition) is 3. The number of hydrogen-bond donors (Lipinski definition) is 1. The lowest BCUT2D eigenvalue weighted by atomic mass is 10.1. The molecule has 0 bridgehead atoms. The summed E-state index contributed by atoms with van der Waals surface area (Å²) in [4.78, 5) is 7.65. The van der Waals surface area contributed by atoms with Gasteiger partial charge in [-0.1, -0.05) is 60.1 Å². The van der Waals surface area contributed by atoms with Crippen molar-refractivity contribution >= 4 is 34.3 Å². The first kappa shape index (κ1) is 17.8. The van der Waals surface area contributed by atoms with Crippen molar-refractivity contribution in [1.82, 2.24) is 9.97 Å². The molecule has 0 atom stereocenters. The molecule has 136 valence electrons. The summed E-state index contributed by atoms with van der Waals surface area (Å²) >= 11 is 6.37. The van der Waals surface area contributed by atoms with Crippen molar-refractivity contribution in [3.8, 4) is 11.8 Å². The van der Waals surface area contributed by atoms with Gasteiger partial charge in [-0.15, -0.1) is 0 Å². The molecule has 0 radical (unpaired) electrons.